The molecule has 1 heterocycles. The average molecular weight is 397 g/mol. The summed E-state index contributed by atoms with van der Waals surface area (Å²) in [6.45, 7) is 1.63. The third-order valence-corrected chi connectivity index (χ3v) is 4.46. The van der Waals surface area contributed by atoms with E-state index in [4.69, 9.17) is 4.74 Å². The number of nitro benzene ring substituents is 1. The molecular formula is C14H16BrF3N2O3. The summed E-state index contributed by atoms with van der Waals surface area (Å²) in [7, 11) is 0. The molecule has 1 aromatic carbocycles. The van der Waals surface area contributed by atoms with Gasteiger partial charge in [-0.3, -0.25) is 15.0 Å². The zero-order valence-corrected chi connectivity index (χ0v) is 13.8. The Morgan fingerprint density at radius 3 is 2.52 bits per heavy atom. The number of benzene rings is 1. The highest BCUT2D eigenvalue weighted by Gasteiger charge is 2.40. The number of halogens is 4. The fourth-order valence-corrected chi connectivity index (χ4v) is 2.97. The summed E-state index contributed by atoms with van der Waals surface area (Å²) in [6, 6.07) is 4.19. The minimum absolute atomic E-state index is 0.0431. The lowest BCUT2D eigenvalue weighted by atomic mass is 9.96. The third kappa shape index (κ3) is 5.07. The molecule has 9 heteroatoms. The molecule has 0 bridgehead atoms. The first-order valence-corrected chi connectivity index (χ1v) is 7.92. The lowest BCUT2D eigenvalue weighted by Crippen LogP contribution is -2.40. The first-order valence-electron chi connectivity index (χ1n) is 7.13. The fourth-order valence-electron chi connectivity index (χ4n) is 2.49. The van der Waals surface area contributed by atoms with Crippen LogP contribution in [0.2, 0.25) is 0 Å². The fraction of sp³-hybridized carbons (Fsp3) is 0.571. The van der Waals surface area contributed by atoms with Gasteiger partial charge in [0, 0.05) is 18.7 Å². The van der Waals surface area contributed by atoms with E-state index in [-0.39, 0.29) is 18.5 Å². The molecule has 0 amide bonds. The maximum Gasteiger partial charge on any atom is 0.391 e. The number of hydrogen-bond acceptors (Lipinski definition) is 4. The van der Waals surface area contributed by atoms with E-state index in [1.54, 1.807) is 0 Å². The highest BCUT2D eigenvalue weighted by atomic mass is 79.9. The molecule has 0 spiro atoms. The van der Waals surface area contributed by atoms with E-state index in [1.165, 1.54) is 18.2 Å². The van der Waals surface area contributed by atoms with Gasteiger partial charge in [-0.2, -0.15) is 13.2 Å². The Hall–Kier alpha value is -1.35. The van der Waals surface area contributed by atoms with Gasteiger partial charge in [0.2, 0.25) is 0 Å². The molecule has 1 aromatic rings. The van der Waals surface area contributed by atoms with Gasteiger partial charge in [-0.25, -0.2) is 0 Å². The summed E-state index contributed by atoms with van der Waals surface area (Å²) in [5.41, 5.74) is -0.0431. The Balaban J connectivity index is 1.77. The number of alkyl halides is 3. The zero-order valence-electron chi connectivity index (χ0n) is 12.2. The molecular weight excluding hydrogens is 381 g/mol. The number of nitro groups is 1. The van der Waals surface area contributed by atoms with Crippen LogP contribution in [0.3, 0.4) is 0 Å². The van der Waals surface area contributed by atoms with Crippen molar-refractivity contribution < 1.29 is 22.8 Å². The van der Waals surface area contributed by atoms with Crippen LogP contribution < -0.4 is 4.74 Å². The van der Waals surface area contributed by atoms with Crippen LogP contribution in [0.25, 0.3) is 0 Å². The highest BCUT2D eigenvalue weighted by Crippen LogP contribution is 2.34. The van der Waals surface area contributed by atoms with E-state index in [2.05, 4.69) is 15.9 Å². The molecule has 0 saturated carbocycles. The molecule has 0 aromatic heterocycles. The number of rotatable bonds is 5. The van der Waals surface area contributed by atoms with Crippen LogP contribution in [0.5, 0.6) is 5.75 Å². The Morgan fingerprint density at radius 1 is 1.35 bits per heavy atom. The number of nitrogens with zero attached hydrogens (tertiary/aromatic N) is 2. The smallest absolute Gasteiger partial charge is 0.391 e. The first kappa shape index (κ1) is 18.0. The topological polar surface area (TPSA) is 55.6 Å². The minimum atomic E-state index is -4.10. The summed E-state index contributed by atoms with van der Waals surface area (Å²) in [5, 5.41) is 10.6. The zero-order chi connectivity index (χ0) is 17.0. The van der Waals surface area contributed by atoms with Crippen LogP contribution in [0, 0.1) is 16.0 Å². The summed E-state index contributed by atoms with van der Waals surface area (Å²) in [5.74, 6) is -0.732. The molecule has 0 aliphatic carbocycles. The first-order chi connectivity index (χ1) is 10.8. The van der Waals surface area contributed by atoms with E-state index in [0.717, 1.165) is 0 Å². The Kier molecular flexibility index (Phi) is 5.85. The monoisotopic (exact) mass is 396 g/mol. The van der Waals surface area contributed by atoms with Gasteiger partial charge in [0.15, 0.2) is 0 Å². The van der Waals surface area contributed by atoms with Crippen molar-refractivity contribution in [2.45, 2.75) is 19.0 Å². The number of non-ortho nitro benzene ring substituents is 1. The molecule has 1 saturated heterocycles. The molecule has 0 unspecified atom stereocenters. The SMILES string of the molecule is O=[N+]([O-])c1ccc(OCCN2CCC(C(F)(F)F)CC2)c(Br)c1. The molecule has 0 N–H and O–H groups in total. The Labute approximate surface area is 139 Å². The van der Waals surface area contributed by atoms with Gasteiger partial charge in [-0.1, -0.05) is 0 Å². The maximum absolute atomic E-state index is 12.6. The Bertz CT molecular complexity index is 561. The van der Waals surface area contributed by atoms with Crippen molar-refractivity contribution in [2.24, 2.45) is 5.92 Å². The van der Waals surface area contributed by atoms with Crippen LogP contribution in [0.1, 0.15) is 12.8 Å². The van der Waals surface area contributed by atoms with E-state index < -0.39 is 17.0 Å². The van der Waals surface area contributed by atoms with E-state index in [1.807, 2.05) is 4.90 Å². The van der Waals surface area contributed by atoms with Crippen LogP contribution in [0.15, 0.2) is 22.7 Å². The molecule has 23 heavy (non-hydrogen) atoms. The van der Waals surface area contributed by atoms with Crippen LogP contribution in [0.4, 0.5) is 18.9 Å². The number of ether oxygens (including phenoxy) is 1. The van der Waals surface area contributed by atoms with Gasteiger partial charge < -0.3 is 4.74 Å². The second-order valence-corrected chi connectivity index (χ2v) is 6.23. The number of likely N-dealkylation sites (tertiary alicyclic amines) is 1. The average Bonchev–Trinajstić information content (AvgIpc) is 2.48. The normalized spacial score (nSPS) is 17.2. The van der Waals surface area contributed by atoms with Gasteiger partial charge in [-0.15, -0.1) is 0 Å². The van der Waals surface area contributed by atoms with Gasteiger partial charge >= 0.3 is 6.18 Å². The van der Waals surface area contributed by atoms with Crippen molar-refractivity contribution in [2.75, 3.05) is 26.2 Å². The third-order valence-electron chi connectivity index (χ3n) is 3.84. The maximum atomic E-state index is 12.6. The Morgan fingerprint density at radius 2 is 2.00 bits per heavy atom. The molecule has 0 radical (unpaired) electrons. The second kappa shape index (κ2) is 7.48. The lowest BCUT2D eigenvalue weighted by molar-refractivity contribution is -0.385. The highest BCUT2D eigenvalue weighted by molar-refractivity contribution is 9.10. The molecule has 1 fully saturated rings. The van der Waals surface area contributed by atoms with Crippen molar-refractivity contribution in [3.05, 3.63) is 32.8 Å². The van der Waals surface area contributed by atoms with Crippen molar-refractivity contribution >= 4 is 21.6 Å². The molecule has 2 rings (SSSR count). The van der Waals surface area contributed by atoms with Gasteiger partial charge in [-0.05, 0) is 47.9 Å². The van der Waals surface area contributed by atoms with Crippen molar-refractivity contribution in [3.63, 3.8) is 0 Å². The standard InChI is InChI=1S/C14H16BrF3N2O3/c15-12-9-11(20(21)22)1-2-13(12)23-8-7-19-5-3-10(4-6-19)14(16,17)18/h1-2,9-10H,3-8H2. The summed E-state index contributed by atoms with van der Waals surface area (Å²) in [4.78, 5) is 12.1. The summed E-state index contributed by atoms with van der Waals surface area (Å²) < 4.78 is 43.7. The molecule has 0 atom stereocenters. The molecule has 1 aliphatic rings. The van der Waals surface area contributed by atoms with E-state index in [0.29, 0.717) is 36.5 Å². The van der Waals surface area contributed by atoms with Gasteiger partial charge in [0.1, 0.15) is 12.4 Å². The summed E-state index contributed by atoms with van der Waals surface area (Å²) in [6.07, 6.45) is -3.87. The predicted octanol–water partition coefficient (Wildman–Crippen LogP) is 4.01. The van der Waals surface area contributed by atoms with Crippen LogP contribution >= 0.6 is 15.9 Å². The lowest BCUT2D eigenvalue weighted by Gasteiger charge is -2.32. The van der Waals surface area contributed by atoms with Crippen molar-refractivity contribution in [1.29, 1.82) is 0 Å². The van der Waals surface area contributed by atoms with Crippen LogP contribution in [-0.2, 0) is 0 Å². The second-order valence-electron chi connectivity index (χ2n) is 5.38. The van der Waals surface area contributed by atoms with Crippen molar-refractivity contribution in [3.8, 4) is 5.75 Å². The predicted molar refractivity (Wildman–Crippen MR) is 81.5 cm³/mol. The van der Waals surface area contributed by atoms with E-state index >= 15 is 0 Å². The van der Waals surface area contributed by atoms with Crippen molar-refractivity contribution in [1.82, 2.24) is 4.90 Å². The quantitative estimate of drug-likeness (QED) is 0.557. The van der Waals surface area contributed by atoms with Gasteiger partial charge in [0.05, 0.1) is 15.3 Å². The molecule has 5 nitrogen and oxygen atoms in total. The van der Waals surface area contributed by atoms with Gasteiger partial charge in [0.25, 0.3) is 5.69 Å². The number of piperidine rings is 1. The number of hydrogen-bond donors (Lipinski definition) is 0. The van der Waals surface area contributed by atoms with E-state index in [9.17, 15) is 23.3 Å². The summed E-state index contributed by atoms with van der Waals surface area (Å²) >= 11 is 3.20. The molecule has 128 valence electrons. The van der Waals surface area contributed by atoms with Crippen LogP contribution in [-0.4, -0.2) is 42.2 Å². The molecule has 1 aliphatic heterocycles. The minimum Gasteiger partial charge on any atom is -0.491 e. The largest absolute Gasteiger partial charge is 0.491 e.